The van der Waals surface area contributed by atoms with Gasteiger partial charge in [0.1, 0.15) is 0 Å². The molecule has 0 saturated carbocycles. The van der Waals surface area contributed by atoms with Gasteiger partial charge in [-0.1, -0.05) is 18.2 Å². The number of esters is 1. The second-order valence-electron chi connectivity index (χ2n) is 4.14. The fraction of sp³-hybridized carbons (Fsp3) is 0.133. The van der Waals surface area contributed by atoms with Gasteiger partial charge in [-0.05, 0) is 47.9 Å². The highest BCUT2D eigenvalue weighted by Gasteiger charge is 2.09. The zero-order chi connectivity index (χ0) is 13.1. The number of methoxy groups -OCH3 is 1. The number of rotatable bonds is 2. The molecule has 0 atom stereocenters. The van der Waals surface area contributed by atoms with Crippen LogP contribution in [0.4, 0.5) is 5.69 Å². The fourth-order valence-electron chi connectivity index (χ4n) is 1.84. The fourth-order valence-corrected chi connectivity index (χ4v) is 1.84. The van der Waals surface area contributed by atoms with E-state index in [2.05, 4.69) is 0 Å². The number of aryl methyl sites for hydroxylation is 1. The lowest BCUT2D eigenvalue weighted by Crippen LogP contribution is -2.01. The van der Waals surface area contributed by atoms with E-state index in [9.17, 15) is 4.79 Å². The molecule has 3 heteroatoms. The van der Waals surface area contributed by atoms with Gasteiger partial charge in [0.2, 0.25) is 0 Å². The van der Waals surface area contributed by atoms with Crippen molar-refractivity contribution in [3.8, 4) is 11.1 Å². The maximum Gasteiger partial charge on any atom is 0.337 e. The highest BCUT2D eigenvalue weighted by atomic mass is 16.5. The molecule has 18 heavy (non-hydrogen) atoms. The largest absolute Gasteiger partial charge is 0.465 e. The lowest BCUT2D eigenvalue weighted by Gasteiger charge is -2.08. The van der Waals surface area contributed by atoms with Gasteiger partial charge in [0.15, 0.2) is 0 Å². The number of hydrogen-bond acceptors (Lipinski definition) is 3. The number of hydrogen-bond donors (Lipinski definition) is 1. The van der Waals surface area contributed by atoms with Gasteiger partial charge in [0, 0.05) is 5.69 Å². The van der Waals surface area contributed by atoms with E-state index in [1.54, 1.807) is 6.07 Å². The van der Waals surface area contributed by atoms with E-state index >= 15 is 0 Å². The molecule has 0 fully saturated rings. The Balaban J connectivity index is 2.49. The van der Waals surface area contributed by atoms with Gasteiger partial charge in [0.25, 0.3) is 0 Å². The van der Waals surface area contributed by atoms with Crippen LogP contribution in [0.25, 0.3) is 11.1 Å². The number of ether oxygens (including phenoxy) is 1. The Morgan fingerprint density at radius 3 is 2.39 bits per heavy atom. The summed E-state index contributed by atoms with van der Waals surface area (Å²) in [6, 6.07) is 13.1. The molecule has 0 unspecified atom stereocenters. The molecule has 0 aliphatic carbocycles. The molecule has 0 aromatic heterocycles. The molecule has 2 aromatic rings. The summed E-state index contributed by atoms with van der Waals surface area (Å²) in [6.07, 6.45) is 0. The molecule has 0 amide bonds. The average Bonchev–Trinajstić information content (AvgIpc) is 2.39. The summed E-state index contributed by atoms with van der Waals surface area (Å²) in [5, 5.41) is 0. The SMILES string of the molecule is COC(=O)c1ccc(C)c(-c2ccc(N)cc2)c1. The number of benzene rings is 2. The Kier molecular flexibility index (Phi) is 3.33. The van der Waals surface area contributed by atoms with Crippen LogP contribution in [0.2, 0.25) is 0 Å². The molecule has 2 N–H and O–H groups in total. The van der Waals surface area contributed by atoms with E-state index in [4.69, 9.17) is 10.5 Å². The molecule has 2 aromatic carbocycles. The van der Waals surface area contributed by atoms with Gasteiger partial charge < -0.3 is 10.5 Å². The third-order valence-corrected chi connectivity index (χ3v) is 2.88. The van der Waals surface area contributed by atoms with Crippen LogP contribution >= 0.6 is 0 Å². The molecule has 0 bridgehead atoms. The lowest BCUT2D eigenvalue weighted by molar-refractivity contribution is 0.0601. The summed E-state index contributed by atoms with van der Waals surface area (Å²) in [5.41, 5.74) is 10.1. The molecular weight excluding hydrogens is 226 g/mol. The second kappa shape index (κ2) is 4.92. The van der Waals surface area contributed by atoms with Crippen LogP contribution in [0.3, 0.4) is 0 Å². The van der Waals surface area contributed by atoms with Crippen molar-refractivity contribution >= 4 is 11.7 Å². The maximum atomic E-state index is 11.5. The van der Waals surface area contributed by atoms with Gasteiger partial charge >= 0.3 is 5.97 Å². The Labute approximate surface area is 106 Å². The summed E-state index contributed by atoms with van der Waals surface area (Å²) < 4.78 is 4.73. The maximum absolute atomic E-state index is 11.5. The molecule has 0 heterocycles. The Morgan fingerprint density at radius 2 is 1.78 bits per heavy atom. The minimum absolute atomic E-state index is 0.327. The van der Waals surface area contributed by atoms with Gasteiger partial charge in [-0.15, -0.1) is 0 Å². The van der Waals surface area contributed by atoms with E-state index in [1.807, 2.05) is 43.3 Å². The number of carbonyl (C=O) groups is 1. The highest BCUT2D eigenvalue weighted by Crippen LogP contribution is 2.25. The predicted octanol–water partition coefficient (Wildman–Crippen LogP) is 3.03. The summed E-state index contributed by atoms with van der Waals surface area (Å²) in [5.74, 6) is -0.327. The van der Waals surface area contributed by atoms with E-state index in [0.717, 1.165) is 22.4 Å². The number of nitrogens with two attached hydrogens (primary N) is 1. The average molecular weight is 241 g/mol. The third kappa shape index (κ3) is 2.35. The molecular formula is C15H15NO2. The zero-order valence-electron chi connectivity index (χ0n) is 10.4. The van der Waals surface area contributed by atoms with Crippen LogP contribution < -0.4 is 5.73 Å². The first kappa shape index (κ1) is 12.2. The van der Waals surface area contributed by atoms with Gasteiger partial charge in [-0.3, -0.25) is 0 Å². The van der Waals surface area contributed by atoms with Crippen molar-refractivity contribution in [1.82, 2.24) is 0 Å². The van der Waals surface area contributed by atoms with Gasteiger partial charge in [-0.2, -0.15) is 0 Å². The number of anilines is 1. The molecule has 0 spiro atoms. The number of carbonyl (C=O) groups excluding carboxylic acids is 1. The van der Waals surface area contributed by atoms with E-state index in [0.29, 0.717) is 5.56 Å². The highest BCUT2D eigenvalue weighted by molar-refractivity contribution is 5.91. The van der Waals surface area contributed by atoms with E-state index < -0.39 is 0 Å². The quantitative estimate of drug-likeness (QED) is 0.649. The minimum atomic E-state index is -0.327. The van der Waals surface area contributed by atoms with Crippen molar-refractivity contribution in [2.45, 2.75) is 6.92 Å². The van der Waals surface area contributed by atoms with Crippen molar-refractivity contribution in [1.29, 1.82) is 0 Å². The summed E-state index contributed by atoms with van der Waals surface area (Å²) in [7, 11) is 1.38. The summed E-state index contributed by atoms with van der Waals surface area (Å²) in [4.78, 5) is 11.5. The summed E-state index contributed by atoms with van der Waals surface area (Å²) in [6.45, 7) is 2.01. The van der Waals surface area contributed by atoms with Crippen LogP contribution in [0.15, 0.2) is 42.5 Å². The molecule has 2 rings (SSSR count). The molecule has 92 valence electrons. The first-order valence-corrected chi connectivity index (χ1v) is 5.66. The monoisotopic (exact) mass is 241 g/mol. The van der Waals surface area contributed by atoms with Crippen molar-refractivity contribution in [3.05, 3.63) is 53.6 Å². The van der Waals surface area contributed by atoms with Crippen LogP contribution in [0, 0.1) is 6.92 Å². The molecule has 0 aliphatic heterocycles. The van der Waals surface area contributed by atoms with Gasteiger partial charge in [0.05, 0.1) is 12.7 Å². The first-order valence-electron chi connectivity index (χ1n) is 5.66. The predicted molar refractivity (Wildman–Crippen MR) is 72.4 cm³/mol. The van der Waals surface area contributed by atoms with Gasteiger partial charge in [-0.25, -0.2) is 4.79 Å². The Bertz CT molecular complexity index is 574. The normalized spacial score (nSPS) is 10.1. The van der Waals surface area contributed by atoms with Crippen LogP contribution in [-0.2, 0) is 4.74 Å². The zero-order valence-corrected chi connectivity index (χ0v) is 10.4. The van der Waals surface area contributed by atoms with Crippen LogP contribution in [0.1, 0.15) is 15.9 Å². The van der Waals surface area contributed by atoms with E-state index in [-0.39, 0.29) is 5.97 Å². The Hall–Kier alpha value is -2.29. The molecule has 0 saturated heterocycles. The Morgan fingerprint density at radius 1 is 1.11 bits per heavy atom. The number of nitrogen functional groups attached to an aromatic ring is 1. The molecule has 3 nitrogen and oxygen atoms in total. The topological polar surface area (TPSA) is 52.3 Å². The smallest absolute Gasteiger partial charge is 0.337 e. The van der Waals surface area contributed by atoms with Crippen molar-refractivity contribution < 1.29 is 9.53 Å². The minimum Gasteiger partial charge on any atom is -0.465 e. The molecule has 0 aliphatic rings. The van der Waals surface area contributed by atoms with Crippen molar-refractivity contribution in [2.75, 3.05) is 12.8 Å². The second-order valence-corrected chi connectivity index (χ2v) is 4.14. The van der Waals surface area contributed by atoms with Crippen LogP contribution in [0.5, 0.6) is 0 Å². The third-order valence-electron chi connectivity index (χ3n) is 2.88. The van der Waals surface area contributed by atoms with Crippen LogP contribution in [-0.4, -0.2) is 13.1 Å². The summed E-state index contributed by atoms with van der Waals surface area (Å²) >= 11 is 0. The lowest BCUT2D eigenvalue weighted by atomic mass is 9.98. The first-order chi connectivity index (χ1) is 8.61. The standard InChI is InChI=1S/C15H15NO2/c1-10-3-4-12(15(17)18-2)9-14(10)11-5-7-13(16)8-6-11/h3-9H,16H2,1-2H3. The molecule has 0 radical (unpaired) electrons. The van der Waals surface area contributed by atoms with Crippen molar-refractivity contribution in [3.63, 3.8) is 0 Å². The van der Waals surface area contributed by atoms with E-state index in [1.165, 1.54) is 7.11 Å². The van der Waals surface area contributed by atoms with Crippen molar-refractivity contribution in [2.24, 2.45) is 0 Å².